The Balaban J connectivity index is 1.91. The van der Waals surface area contributed by atoms with E-state index in [1.54, 1.807) is 20.4 Å². The second-order valence-corrected chi connectivity index (χ2v) is 5.87. The highest BCUT2D eigenvalue weighted by molar-refractivity contribution is 5.83. The molecule has 2 amide bonds. The Labute approximate surface area is 144 Å². The maximum absolute atomic E-state index is 14.1. The molecule has 0 fully saturated rings. The average Bonchev–Trinajstić information content (AvgIpc) is 2.62. The smallest absolute Gasteiger partial charge is 0.324 e. The van der Waals surface area contributed by atoms with Crippen LogP contribution in [0.15, 0.2) is 48.7 Å². The number of hydrogen-bond donors (Lipinski definition) is 0. The fourth-order valence-electron chi connectivity index (χ4n) is 2.77. The van der Waals surface area contributed by atoms with Gasteiger partial charge in [-0.2, -0.15) is 0 Å². The number of methoxy groups -OCH3 is 1. The Morgan fingerprint density at radius 3 is 2.52 bits per heavy atom. The highest BCUT2D eigenvalue weighted by atomic mass is 19.2. The quantitative estimate of drug-likeness (QED) is 0.843. The van der Waals surface area contributed by atoms with Gasteiger partial charge >= 0.3 is 6.03 Å². The molecule has 1 heterocycles. The number of hydrogen-bond acceptors (Lipinski definition) is 2. The van der Waals surface area contributed by atoms with Crippen LogP contribution in [-0.2, 0) is 6.54 Å². The first-order valence-electron chi connectivity index (χ1n) is 7.79. The molecule has 0 bridgehead atoms. The summed E-state index contributed by atoms with van der Waals surface area (Å²) in [4.78, 5) is 15.4. The number of ether oxygens (including phenoxy) is 1. The van der Waals surface area contributed by atoms with Gasteiger partial charge in [0.05, 0.1) is 13.7 Å². The molecule has 1 aliphatic heterocycles. The van der Waals surface area contributed by atoms with E-state index in [1.165, 1.54) is 21.9 Å². The lowest BCUT2D eigenvalue weighted by molar-refractivity contribution is 0.178. The van der Waals surface area contributed by atoms with Crippen molar-refractivity contribution >= 4 is 11.6 Å². The van der Waals surface area contributed by atoms with Crippen molar-refractivity contribution in [2.45, 2.75) is 6.54 Å². The third-order valence-electron chi connectivity index (χ3n) is 4.10. The Morgan fingerprint density at radius 2 is 1.84 bits per heavy atom. The monoisotopic (exact) mass is 344 g/mol. The van der Waals surface area contributed by atoms with E-state index in [2.05, 4.69) is 0 Å². The number of rotatable bonds is 4. The minimum absolute atomic E-state index is 0.166. The first kappa shape index (κ1) is 17.0. The molecule has 0 spiro atoms. The summed E-state index contributed by atoms with van der Waals surface area (Å²) in [6.07, 6.45) is 1.59. The van der Waals surface area contributed by atoms with E-state index in [0.717, 1.165) is 17.4 Å². The molecule has 0 saturated carbocycles. The van der Waals surface area contributed by atoms with Gasteiger partial charge in [-0.05, 0) is 29.3 Å². The molecule has 2 aromatic carbocycles. The molecular formula is C19H18F2N2O2. The predicted molar refractivity (Wildman–Crippen MR) is 90.9 cm³/mol. The molecule has 0 unspecified atom stereocenters. The molecule has 25 heavy (non-hydrogen) atoms. The van der Waals surface area contributed by atoms with Crippen molar-refractivity contribution in [2.75, 3.05) is 20.7 Å². The van der Waals surface area contributed by atoms with Crippen LogP contribution in [0.5, 0.6) is 5.75 Å². The summed E-state index contributed by atoms with van der Waals surface area (Å²) in [5, 5.41) is 0. The molecule has 0 atom stereocenters. The van der Waals surface area contributed by atoms with E-state index in [9.17, 15) is 13.6 Å². The first-order chi connectivity index (χ1) is 12.0. The minimum atomic E-state index is -0.903. The van der Waals surface area contributed by atoms with Gasteiger partial charge in [-0.1, -0.05) is 24.3 Å². The van der Waals surface area contributed by atoms with Crippen molar-refractivity contribution in [3.05, 3.63) is 71.4 Å². The van der Waals surface area contributed by atoms with E-state index >= 15 is 0 Å². The van der Waals surface area contributed by atoms with Crippen LogP contribution in [0, 0.1) is 11.6 Å². The molecule has 0 radical (unpaired) electrons. The number of halogens is 2. The van der Waals surface area contributed by atoms with Crippen LogP contribution in [0.4, 0.5) is 13.6 Å². The number of likely N-dealkylation sites (N-methyl/N-ethyl adjacent to an activating group) is 1. The molecule has 1 aliphatic rings. The molecular weight excluding hydrogens is 326 g/mol. The van der Waals surface area contributed by atoms with Gasteiger partial charge in [0, 0.05) is 25.4 Å². The SMILES string of the molecule is COc1ccc(CN2C=C(c3cccc(F)c3F)CN(C)C2=O)cc1. The van der Waals surface area contributed by atoms with Crippen LogP contribution in [0.2, 0.25) is 0 Å². The number of urea groups is 1. The zero-order chi connectivity index (χ0) is 18.0. The number of amides is 2. The van der Waals surface area contributed by atoms with E-state index < -0.39 is 11.6 Å². The van der Waals surface area contributed by atoms with Gasteiger partial charge < -0.3 is 9.64 Å². The number of nitrogens with zero attached hydrogens (tertiary/aromatic N) is 2. The Morgan fingerprint density at radius 1 is 1.12 bits per heavy atom. The van der Waals surface area contributed by atoms with E-state index in [4.69, 9.17) is 4.74 Å². The van der Waals surface area contributed by atoms with Crippen molar-refractivity contribution in [3.8, 4) is 5.75 Å². The summed E-state index contributed by atoms with van der Waals surface area (Å²) in [6, 6.07) is 11.2. The van der Waals surface area contributed by atoms with Crippen molar-refractivity contribution in [3.63, 3.8) is 0 Å². The van der Waals surface area contributed by atoms with Crippen molar-refractivity contribution in [1.82, 2.24) is 9.80 Å². The molecule has 130 valence electrons. The zero-order valence-corrected chi connectivity index (χ0v) is 14.0. The summed E-state index contributed by atoms with van der Waals surface area (Å²) >= 11 is 0. The van der Waals surface area contributed by atoms with Gasteiger partial charge in [-0.25, -0.2) is 13.6 Å². The predicted octanol–water partition coefficient (Wildman–Crippen LogP) is 3.88. The van der Waals surface area contributed by atoms with Crippen molar-refractivity contribution in [2.24, 2.45) is 0 Å². The standard InChI is InChI=1S/C19H18F2N2O2/c1-22-11-14(16-4-3-5-17(20)18(16)21)12-23(19(22)24)10-13-6-8-15(25-2)9-7-13/h3-9,12H,10-11H2,1-2H3. The topological polar surface area (TPSA) is 32.8 Å². The maximum atomic E-state index is 14.1. The van der Waals surface area contributed by atoms with E-state index in [1.807, 2.05) is 24.3 Å². The first-order valence-corrected chi connectivity index (χ1v) is 7.79. The van der Waals surface area contributed by atoms with E-state index in [-0.39, 0.29) is 18.1 Å². The molecule has 0 N–H and O–H groups in total. The summed E-state index contributed by atoms with van der Waals surface area (Å²) in [7, 11) is 3.22. The third kappa shape index (κ3) is 3.47. The number of carbonyl (C=O) groups is 1. The van der Waals surface area contributed by atoms with Gasteiger partial charge in [0.2, 0.25) is 0 Å². The van der Waals surface area contributed by atoms with Gasteiger partial charge in [0.1, 0.15) is 5.75 Å². The fourth-order valence-corrected chi connectivity index (χ4v) is 2.77. The largest absolute Gasteiger partial charge is 0.497 e. The Bertz CT molecular complexity index is 819. The fraction of sp³-hybridized carbons (Fsp3) is 0.211. The normalized spacial score (nSPS) is 14.6. The minimum Gasteiger partial charge on any atom is -0.497 e. The number of carbonyl (C=O) groups excluding carboxylic acids is 1. The van der Waals surface area contributed by atoms with E-state index in [0.29, 0.717) is 12.1 Å². The summed E-state index contributed by atoms with van der Waals surface area (Å²) in [5.74, 6) is -1.08. The van der Waals surface area contributed by atoms with Crippen LogP contribution >= 0.6 is 0 Å². The highest BCUT2D eigenvalue weighted by Gasteiger charge is 2.26. The molecule has 0 aromatic heterocycles. The molecule has 0 saturated heterocycles. The summed E-state index contributed by atoms with van der Waals surface area (Å²) in [6.45, 7) is 0.548. The molecule has 0 aliphatic carbocycles. The van der Waals surface area contributed by atoms with Crippen LogP contribution < -0.4 is 4.74 Å². The number of benzene rings is 2. The van der Waals surface area contributed by atoms with Crippen molar-refractivity contribution < 1.29 is 18.3 Å². The summed E-state index contributed by atoms with van der Waals surface area (Å²) in [5.41, 5.74) is 1.62. The van der Waals surface area contributed by atoms with Crippen LogP contribution in [-0.4, -0.2) is 36.5 Å². The molecule has 4 nitrogen and oxygen atoms in total. The van der Waals surface area contributed by atoms with Crippen molar-refractivity contribution in [1.29, 1.82) is 0 Å². The van der Waals surface area contributed by atoms with Crippen LogP contribution in [0.25, 0.3) is 5.57 Å². The lowest BCUT2D eigenvalue weighted by atomic mass is 10.0. The lowest BCUT2D eigenvalue weighted by Crippen LogP contribution is -2.42. The Hall–Kier alpha value is -2.89. The maximum Gasteiger partial charge on any atom is 0.324 e. The second-order valence-electron chi connectivity index (χ2n) is 5.87. The highest BCUT2D eigenvalue weighted by Crippen LogP contribution is 2.26. The van der Waals surface area contributed by atoms with Gasteiger partial charge in [-0.3, -0.25) is 4.90 Å². The summed E-state index contributed by atoms with van der Waals surface area (Å²) < 4.78 is 32.7. The molecule has 2 aromatic rings. The second kappa shape index (κ2) is 6.93. The third-order valence-corrected chi connectivity index (χ3v) is 4.10. The Kier molecular flexibility index (Phi) is 4.70. The molecule has 6 heteroatoms. The van der Waals surface area contributed by atoms with Gasteiger partial charge in [0.25, 0.3) is 0 Å². The van der Waals surface area contributed by atoms with Gasteiger partial charge in [0.15, 0.2) is 11.6 Å². The van der Waals surface area contributed by atoms with Gasteiger partial charge in [-0.15, -0.1) is 0 Å². The molecule has 3 rings (SSSR count). The average molecular weight is 344 g/mol. The zero-order valence-electron chi connectivity index (χ0n) is 14.0. The van der Waals surface area contributed by atoms with Crippen LogP contribution in [0.1, 0.15) is 11.1 Å². The lowest BCUT2D eigenvalue weighted by Gasteiger charge is -2.32. The van der Waals surface area contributed by atoms with Crippen LogP contribution in [0.3, 0.4) is 0 Å².